The van der Waals surface area contributed by atoms with Crippen molar-refractivity contribution in [1.29, 1.82) is 0 Å². The van der Waals surface area contributed by atoms with Crippen molar-refractivity contribution in [2.75, 3.05) is 12.4 Å². The summed E-state index contributed by atoms with van der Waals surface area (Å²) in [6.07, 6.45) is 4.04. The van der Waals surface area contributed by atoms with Gasteiger partial charge in [0.1, 0.15) is 11.9 Å². The number of hydrogen-bond donors (Lipinski definition) is 1. The molecule has 1 aliphatic heterocycles. The van der Waals surface area contributed by atoms with Crippen molar-refractivity contribution in [2.45, 2.75) is 25.8 Å². The van der Waals surface area contributed by atoms with E-state index in [9.17, 15) is 9.59 Å². The average molecular weight is 234 g/mol. The number of imide groups is 1. The number of anilines is 1. The molecule has 2 heterocycles. The van der Waals surface area contributed by atoms with E-state index >= 15 is 0 Å². The van der Waals surface area contributed by atoms with E-state index in [0.29, 0.717) is 18.7 Å². The summed E-state index contributed by atoms with van der Waals surface area (Å²) in [5, 5.41) is 3.03. The van der Waals surface area contributed by atoms with Crippen molar-refractivity contribution >= 4 is 17.6 Å². The first-order chi connectivity index (χ1) is 8.09. The summed E-state index contributed by atoms with van der Waals surface area (Å²) in [5.41, 5.74) is 0.736. The number of aryl methyl sites for hydroxylation is 1. The Hall–Kier alpha value is -1.98. The van der Waals surface area contributed by atoms with Crippen LogP contribution in [0.3, 0.4) is 0 Å². The van der Waals surface area contributed by atoms with Gasteiger partial charge in [0.05, 0.1) is 5.69 Å². The molecule has 0 aliphatic carbocycles. The van der Waals surface area contributed by atoms with Gasteiger partial charge in [-0.2, -0.15) is 0 Å². The molecule has 90 valence electrons. The molecule has 2 amide bonds. The molecule has 1 aliphatic rings. The molecule has 2 rings (SSSR count). The van der Waals surface area contributed by atoms with Crippen molar-refractivity contribution < 1.29 is 9.59 Å². The van der Waals surface area contributed by atoms with Crippen molar-refractivity contribution in [3.8, 4) is 0 Å². The predicted octanol–water partition coefficient (Wildman–Crippen LogP) is 0.344. The Morgan fingerprint density at radius 3 is 2.76 bits per heavy atom. The number of carbonyl (C=O) groups excluding carboxylic acids is 2. The highest BCUT2D eigenvalue weighted by molar-refractivity contribution is 6.01. The van der Waals surface area contributed by atoms with Crippen molar-refractivity contribution in [2.24, 2.45) is 0 Å². The number of nitrogens with one attached hydrogen (secondary N) is 1. The van der Waals surface area contributed by atoms with Crippen LogP contribution in [-0.2, 0) is 9.59 Å². The van der Waals surface area contributed by atoms with Gasteiger partial charge in [-0.3, -0.25) is 19.5 Å². The van der Waals surface area contributed by atoms with Gasteiger partial charge in [0.25, 0.3) is 5.91 Å². The molecule has 6 nitrogen and oxygen atoms in total. The smallest absolute Gasteiger partial charge is 0.251 e. The number of nitrogens with zero attached hydrogens (tertiary/aromatic N) is 3. The van der Waals surface area contributed by atoms with Gasteiger partial charge in [-0.1, -0.05) is 0 Å². The van der Waals surface area contributed by atoms with Gasteiger partial charge < -0.3 is 5.32 Å². The van der Waals surface area contributed by atoms with Crippen LogP contribution in [0.2, 0.25) is 0 Å². The molecule has 17 heavy (non-hydrogen) atoms. The first-order valence-electron chi connectivity index (χ1n) is 5.44. The maximum atomic E-state index is 11.8. The molecule has 6 heteroatoms. The van der Waals surface area contributed by atoms with Crippen LogP contribution in [0.4, 0.5) is 5.82 Å². The molecular formula is C11H14N4O2. The average Bonchev–Trinajstić information content (AvgIpc) is 2.32. The van der Waals surface area contributed by atoms with Crippen LogP contribution in [0.25, 0.3) is 0 Å². The highest BCUT2D eigenvalue weighted by Gasteiger charge is 2.32. The number of amides is 2. The third-order valence-electron chi connectivity index (χ3n) is 2.84. The van der Waals surface area contributed by atoms with E-state index in [1.54, 1.807) is 12.4 Å². The zero-order valence-electron chi connectivity index (χ0n) is 9.80. The van der Waals surface area contributed by atoms with Crippen molar-refractivity contribution in [1.82, 2.24) is 14.9 Å². The predicted molar refractivity (Wildman–Crippen MR) is 61.2 cm³/mol. The summed E-state index contributed by atoms with van der Waals surface area (Å²) in [6, 6.07) is -0.395. The van der Waals surface area contributed by atoms with Crippen molar-refractivity contribution in [3.05, 3.63) is 18.1 Å². The highest BCUT2D eigenvalue weighted by Crippen LogP contribution is 2.16. The van der Waals surface area contributed by atoms with Crippen LogP contribution in [0, 0.1) is 6.92 Å². The first kappa shape index (κ1) is 11.5. The van der Waals surface area contributed by atoms with Gasteiger partial charge in [0.2, 0.25) is 5.91 Å². The fraction of sp³-hybridized carbons (Fsp3) is 0.455. The zero-order valence-corrected chi connectivity index (χ0v) is 9.80. The molecule has 0 spiro atoms. The summed E-state index contributed by atoms with van der Waals surface area (Å²) in [5.74, 6) is 0.240. The standard InChI is InChI=1S/C11H14N4O2/c1-7-10(13-6-5-12-7)14-8-3-4-9(16)15(2)11(8)17/h5-6,8H,3-4H2,1-2H3,(H,13,14). The zero-order chi connectivity index (χ0) is 12.4. The minimum atomic E-state index is -0.395. The van der Waals surface area contributed by atoms with Gasteiger partial charge in [-0.25, -0.2) is 4.98 Å². The molecular weight excluding hydrogens is 220 g/mol. The monoisotopic (exact) mass is 234 g/mol. The van der Waals surface area contributed by atoms with Gasteiger partial charge in [0.15, 0.2) is 0 Å². The fourth-order valence-electron chi connectivity index (χ4n) is 1.76. The van der Waals surface area contributed by atoms with Crippen LogP contribution in [0.1, 0.15) is 18.5 Å². The van der Waals surface area contributed by atoms with E-state index in [-0.39, 0.29) is 11.8 Å². The number of aromatic nitrogens is 2. The van der Waals surface area contributed by atoms with E-state index in [1.165, 1.54) is 7.05 Å². The van der Waals surface area contributed by atoms with Gasteiger partial charge >= 0.3 is 0 Å². The Morgan fingerprint density at radius 2 is 2.06 bits per heavy atom. The fourth-order valence-corrected chi connectivity index (χ4v) is 1.76. The van der Waals surface area contributed by atoms with Crippen LogP contribution < -0.4 is 5.32 Å². The van der Waals surface area contributed by atoms with E-state index in [4.69, 9.17) is 0 Å². The number of carbonyl (C=O) groups is 2. The van der Waals surface area contributed by atoms with Gasteiger partial charge in [-0.05, 0) is 13.3 Å². The number of piperidine rings is 1. The Morgan fingerprint density at radius 1 is 1.35 bits per heavy atom. The lowest BCUT2D eigenvalue weighted by Crippen LogP contribution is -2.48. The normalized spacial score (nSPS) is 20.6. The summed E-state index contributed by atoms with van der Waals surface area (Å²) in [7, 11) is 1.50. The van der Waals surface area contributed by atoms with Crippen LogP contribution in [0.5, 0.6) is 0 Å². The Bertz CT molecular complexity index is 461. The third-order valence-corrected chi connectivity index (χ3v) is 2.84. The number of hydrogen-bond acceptors (Lipinski definition) is 5. The summed E-state index contributed by atoms with van der Waals surface area (Å²) < 4.78 is 0. The Labute approximate surface area is 99.1 Å². The summed E-state index contributed by atoms with van der Waals surface area (Å²) in [6.45, 7) is 1.82. The second kappa shape index (κ2) is 4.48. The maximum Gasteiger partial charge on any atom is 0.251 e. The molecule has 0 aromatic carbocycles. The topological polar surface area (TPSA) is 75.2 Å². The molecule has 1 N–H and O–H groups in total. The molecule has 1 aromatic heterocycles. The second-order valence-electron chi connectivity index (χ2n) is 4.02. The van der Waals surface area contributed by atoms with Crippen LogP contribution in [-0.4, -0.2) is 39.8 Å². The number of likely N-dealkylation sites (tertiary alicyclic amines) is 1. The van der Waals surface area contributed by atoms with E-state index < -0.39 is 6.04 Å². The molecule has 1 unspecified atom stereocenters. The molecule has 1 aromatic rings. The summed E-state index contributed by atoms with van der Waals surface area (Å²) >= 11 is 0. The Balaban J connectivity index is 2.12. The number of rotatable bonds is 2. The molecule has 1 fully saturated rings. The SMILES string of the molecule is Cc1nccnc1NC1CCC(=O)N(C)C1=O. The van der Waals surface area contributed by atoms with E-state index in [0.717, 1.165) is 10.6 Å². The molecule has 0 bridgehead atoms. The lowest BCUT2D eigenvalue weighted by Gasteiger charge is -2.28. The first-order valence-corrected chi connectivity index (χ1v) is 5.44. The molecule has 0 saturated carbocycles. The molecule has 1 saturated heterocycles. The quantitative estimate of drug-likeness (QED) is 0.747. The Kier molecular flexibility index (Phi) is 3.03. The second-order valence-corrected chi connectivity index (χ2v) is 4.02. The van der Waals surface area contributed by atoms with Crippen molar-refractivity contribution in [3.63, 3.8) is 0 Å². The highest BCUT2D eigenvalue weighted by atomic mass is 16.2. The lowest BCUT2D eigenvalue weighted by atomic mass is 10.0. The van der Waals surface area contributed by atoms with E-state index in [1.807, 2.05) is 6.92 Å². The third kappa shape index (κ3) is 2.25. The molecule has 1 atom stereocenters. The van der Waals surface area contributed by atoms with Gasteiger partial charge in [0, 0.05) is 25.9 Å². The van der Waals surface area contributed by atoms with E-state index in [2.05, 4.69) is 15.3 Å². The maximum absolute atomic E-state index is 11.8. The van der Waals surface area contributed by atoms with Crippen LogP contribution in [0.15, 0.2) is 12.4 Å². The summed E-state index contributed by atoms with van der Waals surface area (Å²) in [4.78, 5) is 32.5. The van der Waals surface area contributed by atoms with Gasteiger partial charge in [-0.15, -0.1) is 0 Å². The minimum Gasteiger partial charge on any atom is -0.357 e. The molecule has 0 radical (unpaired) electrons. The number of likely N-dealkylation sites (N-methyl/N-ethyl adjacent to an activating group) is 1. The largest absolute Gasteiger partial charge is 0.357 e. The minimum absolute atomic E-state index is 0.135. The lowest BCUT2D eigenvalue weighted by molar-refractivity contribution is -0.146. The van der Waals surface area contributed by atoms with Crippen LogP contribution >= 0.6 is 0 Å².